The Morgan fingerprint density at radius 3 is 2.69 bits per heavy atom. The predicted molar refractivity (Wildman–Crippen MR) is 95.8 cm³/mol. The molecule has 3 aromatic rings. The van der Waals surface area contributed by atoms with E-state index in [0.29, 0.717) is 35.8 Å². The average molecular weight is 355 g/mol. The molecule has 1 aromatic carbocycles. The number of nitrogens with zero attached hydrogens (tertiary/aromatic N) is 4. The normalized spacial score (nSPS) is 11.2. The van der Waals surface area contributed by atoms with Crippen molar-refractivity contribution in [2.45, 2.75) is 39.7 Å². The van der Waals surface area contributed by atoms with Crippen LogP contribution in [0.1, 0.15) is 37.2 Å². The molecule has 0 aliphatic carbocycles. The molecule has 1 amide bonds. The molecular weight excluding hydrogens is 334 g/mol. The molecule has 2 heterocycles. The van der Waals surface area contributed by atoms with E-state index < -0.39 is 0 Å². The van der Waals surface area contributed by atoms with Crippen LogP contribution in [0.2, 0.25) is 0 Å². The molecule has 0 bridgehead atoms. The third-order valence-corrected chi connectivity index (χ3v) is 4.01. The van der Waals surface area contributed by atoms with Crippen LogP contribution in [-0.2, 0) is 17.8 Å². The predicted octanol–water partition coefficient (Wildman–Crippen LogP) is 1.57. The first-order valence-electron chi connectivity index (χ1n) is 8.51. The van der Waals surface area contributed by atoms with Gasteiger partial charge in [-0.15, -0.1) is 0 Å². The molecule has 26 heavy (non-hydrogen) atoms. The maximum atomic E-state index is 12.5. The molecule has 1 N–H and O–H groups in total. The lowest BCUT2D eigenvalue weighted by atomic mass is 10.1. The van der Waals surface area contributed by atoms with E-state index in [1.807, 2.05) is 32.9 Å². The van der Waals surface area contributed by atoms with Crippen molar-refractivity contribution in [2.75, 3.05) is 6.54 Å². The monoisotopic (exact) mass is 355 g/mol. The Kier molecular flexibility index (Phi) is 5.11. The molecule has 3 rings (SSSR count). The summed E-state index contributed by atoms with van der Waals surface area (Å²) in [4.78, 5) is 28.9. The lowest BCUT2D eigenvalue weighted by Gasteiger charge is -2.08. The van der Waals surface area contributed by atoms with Crippen LogP contribution in [0.4, 0.5) is 0 Å². The molecule has 0 saturated heterocycles. The Bertz CT molecular complexity index is 990. The largest absolute Gasteiger partial charge is 0.354 e. The van der Waals surface area contributed by atoms with Crippen LogP contribution >= 0.6 is 0 Å². The highest BCUT2D eigenvalue weighted by Crippen LogP contribution is 2.11. The van der Waals surface area contributed by atoms with Gasteiger partial charge in [0.05, 0.1) is 11.1 Å². The van der Waals surface area contributed by atoms with Crippen LogP contribution in [0.15, 0.2) is 33.6 Å². The van der Waals surface area contributed by atoms with Crippen molar-refractivity contribution in [3.05, 3.63) is 52.0 Å². The van der Waals surface area contributed by atoms with E-state index in [9.17, 15) is 9.59 Å². The average Bonchev–Trinajstić information content (AvgIpc) is 3.09. The zero-order valence-corrected chi connectivity index (χ0v) is 15.0. The van der Waals surface area contributed by atoms with Crippen LogP contribution in [0.5, 0.6) is 0 Å². The second-order valence-corrected chi connectivity index (χ2v) is 6.39. The fourth-order valence-electron chi connectivity index (χ4n) is 2.62. The second kappa shape index (κ2) is 7.47. The van der Waals surface area contributed by atoms with Crippen molar-refractivity contribution < 1.29 is 9.32 Å². The SMILES string of the molecule is Cc1nn(CC(=O)NCCc2nc(C(C)C)no2)c(=O)c2ccccc12. The third-order valence-electron chi connectivity index (χ3n) is 4.01. The molecule has 0 radical (unpaired) electrons. The topological polar surface area (TPSA) is 103 Å². The highest BCUT2D eigenvalue weighted by Gasteiger charge is 2.12. The highest BCUT2D eigenvalue weighted by atomic mass is 16.5. The van der Waals surface area contributed by atoms with Gasteiger partial charge >= 0.3 is 0 Å². The summed E-state index contributed by atoms with van der Waals surface area (Å²) < 4.78 is 6.32. The molecule has 0 unspecified atom stereocenters. The van der Waals surface area contributed by atoms with Gasteiger partial charge in [-0.2, -0.15) is 10.1 Å². The number of rotatable bonds is 6. The fraction of sp³-hybridized carbons (Fsp3) is 0.389. The van der Waals surface area contributed by atoms with Gasteiger partial charge in [-0.1, -0.05) is 37.2 Å². The van der Waals surface area contributed by atoms with Gasteiger partial charge in [0, 0.05) is 24.3 Å². The van der Waals surface area contributed by atoms with Gasteiger partial charge in [-0.25, -0.2) is 4.68 Å². The number of hydrogen-bond acceptors (Lipinski definition) is 6. The van der Waals surface area contributed by atoms with Crippen molar-refractivity contribution in [1.29, 1.82) is 0 Å². The lowest BCUT2D eigenvalue weighted by molar-refractivity contribution is -0.121. The highest BCUT2D eigenvalue weighted by molar-refractivity contribution is 5.83. The minimum Gasteiger partial charge on any atom is -0.354 e. The van der Waals surface area contributed by atoms with E-state index in [-0.39, 0.29) is 23.9 Å². The number of carbonyl (C=O) groups is 1. The molecule has 136 valence electrons. The summed E-state index contributed by atoms with van der Waals surface area (Å²) in [5.74, 6) is 1.02. The third kappa shape index (κ3) is 3.79. The Labute approximate surface area is 150 Å². The van der Waals surface area contributed by atoms with E-state index in [1.54, 1.807) is 12.1 Å². The summed E-state index contributed by atoms with van der Waals surface area (Å²) in [6.45, 7) is 5.99. The van der Waals surface area contributed by atoms with Crippen LogP contribution in [0.25, 0.3) is 10.8 Å². The van der Waals surface area contributed by atoms with Gasteiger partial charge in [0.25, 0.3) is 5.56 Å². The van der Waals surface area contributed by atoms with Gasteiger partial charge < -0.3 is 9.84 Å². The molecule has 0 spiro atoms. The van der Waals surface area contributed by atoms with Crippen LogP contribution < -0.4 is 10.9 Å². The zero-order chi connectivity index (χ0) is 18.7. The number of nitrogens with one attached hydrogen (secondary N) is 1. The van der Waals surface area contributed by atoms with Gasteiger partial charge in [-0.05, 0) is 13.0 Å². The Hall–Kier alpha value is -3.03. The van der Waals surface area contributed by atoms with Gasteiger partial charge in [0.1, 0.15) is 6.54 Å². The Morgan fingerprint density at radius 2 is 2.00 bits per heavy atom. The smallest absolute Gasteiger partial charge is 0.275 e. The quantitative estimate of drug-likeness (QED) is 0.720. The Morgan fingerprint density at radius 1 is 1.27 bits per heavy atom. The van der Waals surface area contributed by atoms with E-state index in [1.165, 1.54) is 4.68 Å². The standard InChI is InChI=1S/C18H21N5O3/c1-11(2)17-20-16(26-22-17)8-9-19-15(24)10-23-18(25)14-7-5-4-6-13(14)12(3)21-23/h4-7,11H,8-10H2,1-3H3,(H,19,24). The second-order valence-electron chi connectivity index (χ2n) is 6.39. The van der Waals surface area contributed by atoms with E-state index in [4.69, 9.17) is 4.52 Å². The molecule has 0 aliphatic heterocycles. The van der Waals surface area contributed by atoms with E-state index in [0.717, 1.165) is 5.39 Å². The number of benzene rings is 1. The number of aromatic nitrogens is 4. The van der Waals surface area contributed by atoms with Gasteiger partial charge in [0.2, 0.25) is 11.8 Å². The summed E-state index contributed by atoms with van der Waals surface area (Å²) in [5.41, 5.74) is 0.430. The molecule has 0 fully saturated rings. The summed E-state index contributed by atoms with van der Waals surface area (Å²) in [7, 11) is 0. The first-order valence-corrected chi connectivity index (χ1v) is 8.51. The molecule has 8 nitrogen and oxygen atoms in total. The van der Waals surface area contributed by atoms with Crippen LogP contribution in [-0.4, -0.2) is 32.4 Å². The number of aryl methyl sites for hydroxylation is 1. The number of fused-ring (bicyclic) bond motifs is 1. The molecule has 0 atom stereocenters. The van der Waals surface area contributed by atoms with E-state index in [2.05, 4.69) is 20.6 Å². The van der Waals surface area contributed by atoms with E-state index >= 15 is 0 Å². The number of amides is 1. The molecule has 0 saturated carbocycles. The van der Waals surface area contributed by atoms with Crippen molar-refractivity contribution in [1.82, 2.24) is 25.2 Å². The summed E-state index contributed by atoms with van der Waals surface area (Å²) in [6, 6.07) is 7.24. The summed E-state index contributed by atoms with van der Waals surface area (Å²) in [6.07, 6.45) is 0.435. The minimum atomic E-state index is -0.294. The molecule has 2 aromatic heterocycles. The minimum absolute atomic E-state index is 0.133. The Balaban J connectivity index is 1.62. The number of carbonyl (C=O) groups excluding carboxylic acids is 1. The van der Waals surface area contributed by atoms with Crippen molar-refractivity contribution in [3.63, 3.8) is 0 Å². The first-order chi connectivity index (χ1) is 12.5. The van der Waals surface area contributed by atoms with Crippen LogP contribution in [0, 0.1) is 6.92 Å². The van der Waals surface area contributed by atoms with Crippen LogP contribution in [0.3, 0.4) is 0 Å². The number of hydrogen-bond donors (Lipinski definition) is 1. The first kappa shape index (κ1) is 17.8. The summed E-state index contributed by atoms with van der Waals surface area (Å²) >= 11 is 0. The lowest BCUT2D eigenvalue weighted by Crippen LogP contribution is -2.35. The van der Waals surface area contributed by atoms with Crippen molar-refractivity contribution >= 4 is 16.7 Å². The van der Waals surface area contributed by atoms with Crippen molar-refractivity contribution in [3.8, 4) is 0 Å². The van der Waals surface area contributed by atoms with Gasteiger partial charge in [-0.3, -0.25) is 9.59 Å². The maximum absolute atomic E-state index is 12.5. The zero-order valence-electron chi connectivity index (χ0n) is 15.0. The van der Waals surface area contributed by atoms with Crippen molar-refractivity contribution in [2.24, 2.45) is 0 Å². The molecule has 8 heteroatoms. The maximum Gasteiger partial charge on any atom is 0.275 e. The summed E-state index contributed by atoms with van der Waals surface area (Å²) in [5, 5.41) is 12.2. The van der Waals surface area contributed by atoms with Gasteiger partial charge in [0.15, 0.2) is 5.82 Å². The fourth-order valence-corrected chi connectivity index (χ4v) is 2.62. The molecular formula is C18H21N5O3. The molecule has 0 aliphatic rings.